The van der Waals surface area contributed by atoms with Crippen LogP contribution in [0.25, 0.3) is 0 Å². The lowest BCUT2D eigenvalue weighted by molar-refractivity contribution is -0.0601. The summed E-state index contributed by atoms with van der Waals surface area (Å²) in [6.45, 7) is 4.04. The monoisotopic (exact) mass is 320 g/mol. The lowest BCUT2D eigenvalue weighted by Crippen LogP contribution is -2.62. The molecule has 2 saturated heterocycles. The van der Waals surface area contributed by atoms with Crippen LogP contribution in [0.1, 0.15) is 35.2 Å². The molecule has 2 fully saturated rings. The fourth-order valence-electron chi connectivity index (χ4n) is 4.21. The molecule has 1 N–H and O–H groups in total. The van der Waals surface area contributed by atoms with Crippen LogP contribution in [0.15, 0.2) is 18.2 Å². The molecule has 1 aromatic carbocycles. The van der Waals surface area contributed by atoms with Gasteiger partial charge >= 0.3 is 0 Å². The van der Waals surface area contributed by atoms with Gasteiger partial charge in [-0.25, -0.2) is 4.39 Å². The summed E-state index contributed by atoms with van der Waals surface area (Å²) < 4.78 is 13.7. The molecule has 0 aliphatic carbocycles. The third-order valence-corrected chi connectivity index (χ3v) is 5.80. The van der Waals surface area contributed by atoms with E-state index in [1.807, 2.05) is 4.90 Å². The van der Waals surface area contributed by atoms with Crippen molar-refractivity contribution in [2.45, 2.75) is 32.2 Å². The number of aliphatic hydroxyl groups excluding tert-OH is 1. The summed E-state index contributed by atoms with van der Waals surface area (Å²) in [6, 6.07) is 4.84. The number of rotatable bonds is 2. The van der Waals surface area contributed by atoms with E-state index in [1.54, 1.807) is 19.1 Å². The summed E-state index contributed by atoms with van der Waals surface area (Å²) in [7, 11) is 2.07. The minimum atomic E-state index is -0.340. The van der Waals surface area contributed by atoms with E-state index in [9.17, 15) is 14.3 Å². The van der Waals surface area contributed by atoms with E-state index in [0.29, 0.717) is 24.2 Å². The molecule has 3 rings (SSSR count). The van der Waals surface area contributed by atoms with Crippen LogP contribution < -0.4 is 0 Å². The summed E-state index contributed by atoms with van der Waals surface area (Å²) in [5.41, 5.74) is 0.759. The predicted octanol–water partition coefficient (Wildman–Crippen LogP) is 2.05. The summed E-state index contributed by atoms with van der Waals surface area (Å²) in [6.07, 6.45) is 2.91. The number of piperidine rings is 2. The highest BCUT2D eigenvalue weighted by Gasteiger charge is 2.47. The van der Waals surface area contributed by atoms with Gasteiger partial charge in [0.25, 0.3) is 5.91 Å². The van der Waals surface area contributed by atoms with Gasteiger partial charge in [0.2, 0.25) is 0 Å². The van der Waals surface area contributed by atoms with Crippen LogP contribution in [0.3, 0.4) is 0 Å². The number of fused-ring (bicyclic) bond motifs is 1. The van der Waals surface area contributed by atoms with Gasteiger partial charge < -0.3 is 14.9 Å². The topological polar surface area (TPSA) is 43.8 Å². The number of hydrogen-bond donors (Lipinski definition) is 1. The quantitative estimate of drug-likeness (QED) is 0.907. The molecule has 1 amide bonds. The number of nitrogens with zero attached hydrogens (tertiary/aromatic N) is 2. The van der Waals surface area contributed by atoms with Crippen molar-refractivity contribution in [3.63, 3.8) is 0 Å². The SMILES string of the molecule is Cc1c(F)cccc1C(=O)N1CC[C@@]2(CO)CCCN(C)[C@@H]2C1. The van der Waals surface area contributed by atoms with E-state index in [0.717, 1.165) is 25.8 Å². The third kappa shape index (κ3) is 2.76. The average molecular weight is 320 g/mol. The number of amides is 1. The summed E-state index contributed by atoms with van der Waals surface area (Å²) in [5, 5.41) is 9.94. The Morgan fingerprint density at radius 3 is 2.91 bits per heavy atom. The fraction of sp³-hybridized carbons (Fsp3) is 0.611. The van der Waals surface area contributed by atoms with E-state index in [4.69, 9.17) is 0 Å². The molecule has 23 heavy (non-hydrogen) atoms. The number of benzene rings is 1. The fourth-order valence-corrected chi connectivity index (χ4v) is 4.21. The molecular weight excluding hydrogens is 295 g/mol. The van der Waals surface area contributed by atoms with E-state index < -0.39 is 0 Å². The molecule has 0 radical (unpaired) electrons. The molecule has 4 nitrogen and oxygen atoms in total. The van der Waals surface area contributed by atoms with Crippen LogP contribution in [0.2, 0.25) is 0 Å². The van der Waals surface area contributed by atoms with E-state index >= 15 is 0 Å². The Balaban J connectivity index is 1.83. The minimum Gasteiger partial charge on any atom is -0.396 e. The Morgan fingerprint density at radius 1 is 1.39 bits per heavy atom. The van der Waals surface area contributed by atoms with E-state index in [2.05, 4.69) is 11.9 Å². The molecule has 0 unspecified atom stereocenters. The first kappa shape index (κ1) is 16.4. The average Bonchev–Trinajstić information content (AvgIpc) is 2.57. The van der Waals surface area contributed by atoms with E-state index in [-0.39, 0.29) is 29.8 Å². The molecule has 5 heteroatoms. The Kier molecular flexibility index (Phi) is 4.43. The van der Waals surface area contributed by atoms with Gasteiger partial charge in [0.1, 0.15) is 5.82 Å². The van der Waals surface area contributed by atoms with E-state index in [1.165, 1.54) is 6.07 Å². The molecule has 0 bridgehead atoms. The van der Waals surface area contributed by atoms with Gasteiger partial charge in [-0.3, -0.25) is 4.79 Å². The van der Waals surface area contributed by atoms with Crippen LogP contribution in [0.4, 0.5) is 4.39 Å². The number of hydrogen-bond acceptors (Lipinski definition) is 3. The maximum Gasteiger partial charge on any atom is 0.254 e. The molecule has 2 heterocycles. The largest absolute Gasteiger partial charge is 0.396 e. The molecule has 126 valence electrons. The van der Waals surface area contributed by atoms with Gasteiger partial charge in [0, 0.05) is 30.1 Å². The first-order valence-electron chi connectivity index (χ1n) is 8.34. The molecule has 2 atom stereocenters. The number of carbonyl (C=O) groups is 1. The van der Waals surface area contributed by atoms with Crippen LogP contribution in [-0.2, 0) is 0 Å². The molecular formula is C18H25FN2O2. The highest BCUT2D eigenvalue weighted by atomic mass is 19.1. The van der Waals surface area contributed by atoms with Gasteiger partial charge in [-0.1, -0.05) is 6.07 Å². The highest BCUT2D eigenvalue weighted by Crippen LogP contribution is 2.41. The third-order valence-electron chi connectivity index (χ3n) is 5.80. The number of likely N-dealkylation sites (tertiary alicyclic amines) is 2. The zero-order valence-corrected chi connectivity index (χ0v) is 13.9. The molecule has 1 aromatic rings. The van der Waals surface area contributed by atoms with Crippen molar-refractivity contribution in [2.75, 3.05) is 33.3 Å². The highest BCUT2D eigenvalue weighted by molar-refractivity contribution is 5.95. The Hall–Kier alpha value is -1.46. The molecule has 0 aromatic heterocycles. The maximum absolute atomic E-state index is 13.7. The Morgan fingerprint density at radius 2 is 2.17 bits per heavy atom. The van der Waals surface area contributed by atoms with Crippen LogP contribution >= 0.6 is 0 Å². The smallest absolute Gasteiger partial charge is 0.254 e. The number of halogens is 1. The predicted molar refractivity (Wildman–Crippen MR) is 86.8 cm³/mol. The number of carbonyl (C=O) groups excluding carboxylic acids is 1. The number of aliphatic hydroxyl groups is 1. The van der Waals surface area contributed by atoms with Gasteiger partial charge in [-0.05, 0) is 57.5 Å². The Labute approximate surface area is 136 Å². The zero-order chi connectivity index (χ0) is 16.6. The van der Waals surface area contributed by atoms with Crippen molar-refractivity contribution in [1.29, 1.82) is 0 Å². The molecule has 2 aliphatic rings. The Bertz CT molecular complexity index is 607. The van der Waals surface area contributed by atoms with Gasteiger partial charge in [-0.2, -0.15) is 0 Å². The van der Waals surface area contributed by atoms with Crippen LogP contribution in [-0.4, -0.2) is 60.1 Å². The van der Waals surface area contributed by atoms with Gasteiger partial charge in [-0.15, -0.1) is 0 Å². The van der Waals surface area contributed by atoms with Crippen LogP contribution in [0.5, 0.6) is 0 Å². The van der Waals surface area contributed by atoms with Crippen LogP contribution in [0, 0.1) is 18.2 Å². The first-order valence-corrected chi connectivity index (χ1v) is 8.34. The van der Waals surface area contributed by atoms with Crippen molar-refractivity contribution < 1.29 is 14.3 Å². The second-order valence-corrected chi connectivity index (χ2v) is 7.03. The van der Waals surface area contributed by atoms with Gasteiger partial charge in [0.05, 0.1) is 6.61 Å². The lowest BCUT2D eigenvalue weighted by Gasteiger charge is -2.53. The van der Waals surface area contributed by atoms with Crippen molar-refractivity contribution >= 4 is 5.91 Å². The molecule has 0 spiro atoms. The van der Waals surface area contributed by atoms with Crippen molar-refractivity contribution in [1.82, 2.24) is 9.80 Å². The van der Waals surface area contributed by atoms with Crippen molar-refractivity contribution in [2.24, 2.45) is 5.41 Å². The van der Waals surface area contributed by atoms with Gasteiger partial charge in [0.15, 0.2) is 0 Å². The molecule has 0 saturated carbocycles. The van der Waals surface area contributed by atoms with Crippen molar-refractivity contribution in [3.05, 3.63) is 35.1 Å². The summed E-state index contributed by atoms with van der Waals surface area (Å²) in [4.78, 5) is 16.9. The zero-order valence-electron chi connectivity index (χ0n) is 13.9. The maximum atomic E-state index is 13.7. The van der Waals surface area contributed by atoms with Crippen molar-refractivity contribution in [3.8, 4) is 0 Å². The second-order valence-electron chi connectivity index (χ2n) is 7.03. The summed E-state index contributed by atoms with van der Waals surface area (Å²) in [5.74, 6) is -0.445. The minimum absolute atomic E-state index is 0.0965. The second kappa shape index (κ2) is 6.21. The normalized spacial score (nSPS) is 28.5. The first-order chi connectivity index (χ1) is 11.0. The molecule has 2 aliphatic heterocycles. The standard InChI is InChI=1S/C18H25FN2O2/c1-13-14(5-3-6-15(13)19)17(23)21-10-8-18(12-22)7-4-9-20(2)16(18)11-21/h3,5-6,16,22H,4,7-12H2,1-2H3/t16-,18-/m1/s1. The number of likely N-dealkylation sites (N-methyl/N-ethyl adjacent to an activating group) is 1. The summed E-state index contributed by atoms with van der Waals surface area (Å²) >= 11 is 0. The lowest BCUT2D eigenvalue weighted by atomic mass is 9.69.